The van der Waals surface area contributed by atoms with Crippen molar-refractivity contribution in [1.82, 2.24) is 5.32 Å². The van der Waals surface area contributed by atoms with E-state index >= 15 is 0 Å². The monoisotopic (exact) mass is 497 g/mol. The molecule has 8 heteroatoms. The van der Waals surface area contributed by atoms with Crippen LogP contribution in [0.3, 0.4) is 0 Å². The molecule has 0 aliphatic heterocycles. The summed E-state index contributed by atoms with van der Waals surface area (Å²) in [6.45, 7) is 1.87. The lowest BCUT2D eigenvalue weighted by Gasteiger charge is -2.14. The van der Waals surface area contributed by atoms with Crippen LogP contribution in [-0.2, 0) is 0 Å². The van der Waals surface area contributed by atoms with E-state index in [1.165, 1.54) is 7.11 Å². The highest BCUT2D eigenvalue weighted by Crippen LogP contribution is 2.23. The van der Waals surface area contributed by atoms with Crippen molar-refractivity contribution in [3.8, 4) is 5.75 Å². The first-order valence-corrected chi connectivity index (χ1v) is 10.5. The SMILES string of the molecule is COc1ccc(Br)cc1C(=O)NC(=S)Nc1ccc(NC(=O)c2ccccc2)c(C)c1. The zero-order valence-corrected chi connectivity index (χ0v) is 19.3. The zero-order chi connectivity index (χ0) is 22.4. The largest absolute Gasteiger partial charge is 0.496 e. The Kier molecular flexibility index (Phi) is 7.38. The summed E-state index contributed by atoms with van der Waals surface area (Å²) < 4.78 is 5.98. The second kappa shape index (κ2) is 10.2. The summed E-state index contributed by atoms with van der Waals surface area (Å²) in [4.78, 5) is 24.9. The summed E-state index contributed by atoms with van der Waals surface area (Å²) in [5.74, 6) is -0.132. The summed E-state index contributed by atoms with van der Waals surface area (Å²) in [5.41, 5.74) is 3.15. The minimum Gasteiger partial charge on any atom is -0.496 e. The number of carbonyl (C=O) groups excluding carboxylic acids is 2. The molecule has 3 rings (SSSR count). The zero-order valence-electron chi connectivity index (χ0n) is 16.9. The smallest absolute Gasteiger partial charge is 0.261 e. The van der Waals surface area contributed by atoms with Gasteiger partial charge >= 0.3 is 0 Å². The Bertz CT molecular complexity index is 1140. The van der Waals surface area contributed by atoms with E-state index in [0.717, 1.165) is 10.0 Å². The molecule has 31 heavy (non-hydrogen) atoms. The average molecular weight is 498 g/mol. The van der Waals surface area contributed by atoms with Crippen molar-refractivity contribution in [2.24, 2.45) is 0 Å². The molecule has 0 heterocycles. The van der Waals surface area contributed by atoms with Crippen molar-refractivity contribution >= 4 is 56.4 Å². The fourth-order valence-electron chi connectivity index (χ4n) is 2.86. The Morgan fingerprint density at radius 3 is 2.35 bits per heavy atom. The van der Waals surface area contributed by atoms with E-state index in [1.807, 2.05) is 31.2 Å². The van der Waals surface area contributed by atoms with Gasteiger partial charge in [-0.3, -0.25) is 14.9 Å². The lowest BCUT2D eigenvalue weighted by Crippen LogP contribution is -2.34. The first-order valence-electron chi connectivity index (χ1n) is 9.30. The molecular formula is C23H20BrN3O3S. The molecule has 2 amide bonds. The number of methoxy groups -OCH3 is 1. The number of benzene rings is 3. The van der Waals surface area contributed by atoms with Crippen LogP contribution in [-0.4, -0.2) is 24.0 Å². The predicted molar refractivity (Wildman–Crippen MR) is 130 cm³/mol. The van der Waals surface area contributed by atoms with Gasteiger partial charge in [-0.1, -0.05) is 34.1 Å². The second-order valence-electron chi connectivity index (χ2n) is 6.60. The van der Waals surface area contributed by atoms with Gasteiger partial charge in [0.2, 0.25) is 0 Å². The van der Waals surface area contributed by atoms with E-state index in [0.29, 0.717) is 28.3 Å². The van der Waals surface area contributed by atoms with Crippen molar-refractivity contribution in [3.05, 3.63) is 87.9 Å². The number of anilines is 2. The van der Waals surface area contributed by atoms with Crippen LogP contribution in [0.1, 0.15) is 26.3 Å². The first-order chi connectivity index (χ1) is 14.9. The fraction of sp³-hybridized carbons (Fsp3) is 0.0870. The van der Waals surface area contributed by atoms with E-state index in [9.17, 15) is 9.59 Å². The third-order valence-electron chi connectivity index (χ3n) is 4.40. The molecule has 3 N–H and O–H groups in total. The van der Waals surface area contributed by atoms with Crippen molar-refractivity contribution < 1.29 is 14.3 Å². The van der Waals surface area contributed by atoms with Crippen molar-refractivity contribution in [3.63, 3.8) is 0 Å². The molecule has 0 spiro atoms. The Morgan fingerprint density at radius 2 is 1.68 bits per heavy atom. The molecule has 0 radical (unpaired) electrons. The lowest BCUT2D eigenvalue weighted by molar-refractivity contribution is 0.0973. The van der Waals surface area contributed by atoms with Gasteiger partial charge in [0.05, 0.1) is 12.7 Å². The minimum atomic E-state index is -0.390. The highest BCUT2D eigenvalue weighted by Gasteiger charge is 2.15. The highest BCUT2D eigenvalue weighted by atomic mass is 79.9. The summed E-state index contributed by atoms with van der Waals surface area (Å²) in [5, 5.41) is 8.66. The summed E-state index contributed by atoms with van der Waals surface area (Å²) >= 11 is 8.62. The molecule has 158 valence electrons. The van der Waals surface area contributed by atoms with Crippen LogP contribution in [0.15, 0.2) is 71.2 Å². The van der Waals surface area contributed by atoms with Crippen LogP contribution in [0.5, 0.6) is 5.75 Å². The van der Waals surface area contributed by atoms with Gasteiger partial charge in [-0.15, -0.1) is 0 Å². The Morgan fingerprint density at radius 1 is 0.935 bits per heavy atom. The normalized spacial score (nSPS) is 10.2. The molecule has 3 aromatic rings. The maximum absolute atomic E-state index is 12.6. The predicted octanol–water partition coefficient (Wildman–Crippen LogP) is 5.15. The number of rotatable bonds is 5. The number of aryl methyl sites for hydroxylation is 1. The van der Waals surface area contributed by atoms with Gasteiger partial charge < -0.3 is 15.4 Å². The van der Waals surface area contributed by atoms with Crippen LogP contribution in [0.25, 0.3) is 0 Å². The number of ether oxygens (including phenoxy) is 1. The first kappa shape index (κ1) is 22.5. The summed E-state index contributed by atoms with van der Waals surface area (Å²) in [6, 6.07) is 19.5. The van der Waals surface area contributed by atoms with E-state index in [1.54, 1.807) is 42.5 Å². The molecule has 0 aliphatic carbocycles. The molecule has 0 fully saturated rings. The number of carbonyl (C=O) groups is 2. The quantitative estimate of drug-likeness (QED) is 0.425. The Hall–Kier alpha value is -3.23. The summed E-state index contributed by atoms with van der Waals surface area (Å²) in [6.07, 6.45) is 0. The van der Waals surface area contributed by atoms with E-state index < -0.39 is 0 Å². The Labute approximate surface area is 194 Å². The molecule has 3 aromatic carbocycles. The Balaban J connectivity index is 1.64. The third kappa shape index (κ3) is 5.90. The van der Waals surface area contributed by atoms with Gasteiger partial charge in [-0.2, -0.15) is 0 Å². The van der Waals surface area contributed by atoms with Crippen molar-refractivity contribution in [1.29, 1.82) is 0 Å². The van der Waals surface area contributed by atoms with E-state index in [2.05, 4.69) is 31.9 Å². The number of hydrogen-bond acceptors (Lipinski definition) is 4. The topological polar surface area (TPSA) is 79.5 Å². The van der Waals surface area contributed by atoms with Crippen LogP contribution in [0, 0.1) is 6.92 Å². The molecule has 0 atom stereocenters. The maximum Gasteiger partial charge on any atom is 0.261 e. The highest BCUT2D eigenvalue weighted by molar-refractivity contribution is 9.10. The standard InChI is InChI=1S/C23H20BrN3O3S/c1-14-12-17(9-10-19(14)26-21(28)15-6-4-3-5-7-15)25-23(31)27-22(29)18-13-16(24)8-11-20(18)30-2/h3-13H,1-2H3,(H,26,28)(H2,25,27,29,31). The van der Waals surface area contributed by atoms with E-state index in [4.69, 9.17) is 17.0 Å². The van der Waals surface area contributed by atoms with E-state index in [-0.39, 0.29) is 16.9 Å². The van der Waals surface area contributed by atoms with Crippen LogP contribution in [0.2, 0.25) is 0 Å². The van der Waals surface area contributed by atoms with Crippen LogP contribution < -0.4 is 20.7 Å². The van der Waals surface area contributed by atoms with Gasteiger partial charge in [0.15, 0.2) is 5.11 Å². The van der Waals surface area contributed by atoms with Gasteiger partial charge in [0, 0.05) is 21.4 Å². The fourth-order valence-corrected chi connectivity index (χ4v) is 3.43. The molecule has 6 nitrogen and oxygen atoms in total. The van der Waals surface area contributed by atoms with Crippen molar-refractivity contribution in [2.45, 2.75) is 6.92 Å². The van der Waals surface area contributed by atoms with Crippen LogP contribution in [0.4, 0.5) is 11.4 Å². The van der Waals surface area contributed by atoms with Crippen molar-refractivity contribution in [2.75, 3.05) is 17.7 Å². The maximum atomic E-state index is 12.6. The number of nitrogens with one attached hydrogen (secondary N) is 3. The lowest BCUT2D eigenvalue weighted by atomic mass is 10.1. The minimum absolute atomic E-state index is 0.146. The molecule has 0 aliphatic rings. The second-order valence-corrected chi connectivity index (χ2v) is 7.93. The van der Waals surface area contributed by atoms with Gasteiger partial charge in [0.25, 0.3) is 11.8 Å². The van der Waals surface area contributed by atoms with Gasteiger partial charge in [0.1, 0.15) is 5.75 Å². The molecule has 0 unspecified atom stereocenters. The van der Waals surface area contributed by atoms with Gasteiger partial charge in [-0.05, 0) is 73.2 Å². The average Bonchev–Trinajstić information content (AvgIpc) is 2.76. The summed E-state index contributed by atoms with van der Waals surface area (Å²) in [7, 11) is 1.50. The number of amides is 2. The molecule has 0 bridgehead atoms. The van der Waals surface area contributed by atoms with Gasteiger partial charge in [-0.25, -0.2) is 0 Å². The number of hydrogen-bond donors (Lipinski definition) is 3. The molecular weight excluding hydrogens is 478 g/mol. The number of halogens is 1. The number of thiocarbonyl (C=S) groups is 1. The third-order valence-corrected chi connectivity index (χ3v) is 5.10. The molecule has 0 saturated carbocycles. The molecule has 0 saturated heterocycles. The molecule has 0 aromatic heterocycles. The van der Waals surface area contributed by atoms with Crippen LogP contribution >= 0.6 is 28.1 Å².